The fourth-order valence-corrected chi connectivity index (χ4v) is 6.15. The Morgan fingerprint density at radius 2 is 1.88 bits per heavy atom. The number of thioether (sulfide) groups is 1. The maximum atomic E-state index is 12.9. The first kappa shape index (κ1) is 19.8. The SMILES string of the molecule is CCCCNC(=O)N1CCC2(CC1)SCCN2C(=O)CCC1CCCC1. The summed E-state index contributed by atoms with van der Waals surface area (Å²) in [7, 11) is 0. The van der Waals surface area contributed by atoms with Crippen LogP contribution in [0.15, 0.2) is 0 Å². The van der Waals surface area contributed by atoms with Crippen molar-refractivity contribution in [3.8, 4) is 0 Å². The van der Waals surface area contributed by atoms with Crippen molar-refractivity contribution < 1.29 is 9.59 Å². The van der Waals surface area contributed by atoms with Crippen LogP contribution >= 0.6 is 11.8 Å². The molecule has 1 N–H and O–H groups in total. The summed E-state index contributed by atoms with van der Waals surface area (Å²) in [6, 6.07) is 0.0652. The highest BCUT2D eigenvalue weighted by Gasteiger charge is 2.46. The Bertz CT molecular complexity index is 485. The highest BCUT2D eigenvalue weighted by molar-refractivity contribution is 8.00. The van der Waals surface area contributed by atoms with Gasteiger partial charge in [-0.2, -0.15) is 0 Å². The van der Waals surface area contributed by atoms with E-state index in [2.05, 4.69) is 17.1 Å². The van der Waals surface area contributed by atoms with E-state index in [1.165, 1.54) is 25.7 Å². The molecule has 3 amide bonds. The monoisotopic (exact) mass is 381 g/mol. The third kappa shape index (κ3) is 4.68. The van der Waals surface area contributed by atoms with Crippen LogP contribution in [0.4, 0.5) is 4.79 Å². The molecule has 3 aliphatic rings. The van der Waals surface area contributed by atoms with Crippen molar-refractivity contribution in [3.05, 3.63) is 0 Å². The van der Waals surface area contributed by atoms with Crippen LogP contribution in [0.1, 0.15) is 71.1 Å². The normalized spacial score (nSPS) is 23.0. The molecule has 6 heteroatoms. The Kier molecular flexibility index (Phi) is 7.12. The summed E-state index contributed by atoms with van der Waals surface area (Å²) in [5.41, 5.74) is 0. The topological polar surface area (TPSA) is 52.7 Å². The minimum atomic E-state index is -0.0487. The zero-order chi connectivity index (χ0) is 18.4. The molecule has 5 nitrogen and oxygen atoms in total. The van der Waals surface area contributed by atoms with Crippen molar-refractivity contribution in [2.24, 2.45) is 5.92 Å². The summed E-state index contributed by atoms with van der Waals surface area (Å²) in [5, 5.41) is 3.02. The van der Waals surface area contributed by atoms with Crippen LogP contribution in [0.5, 0.6) is 0 Å². The minimum Gasteiger partial charge on any atom is -0.338 e. The molecule has 3 fully saturated rings. The van der Waals surface area contributed by atoms with Gasteiger partial charge in [0, 0.05) is 38.4 Å². The molecule has 2 saturated heterocycles. The van der Waals surface area contributed by atoms with Crippen molar-refractivity contribution in [2.75, 3.05) is 31.9 Å². The van der Waals surface area contributed by atoms with Gasteiger partial charge in [-0.15, -0.1) is 11.8 Å². The van der Waals surface area contributed by atoms with E-state index in [0.29, 0.717) is 12.3 Å². The van der Waals surface area contributed by atoms with E-state index >= 15 is 0 Å². The molecular weight excluding hydrogens is 346 g/mol. The Hall–Kier alpha value is -0.910. The van der Waals surface area contributed by atoms with E-state index in [1.54, 1.807) is 0 Å². The molecule has 26 heavy (non-hydrogen) atoms. The average molecular weight is 382 g/mol. The van der Waals surface area contributed by atoms with Gasteiger partial charge in [0.05, 0.1) is 4.87 Å². The number of amides is 3. The van der Waals surface area contributed by atoms with Crippen LogP contribution in [-0.4, -0.2) is 58.5 Å². The number of nitrogens with one attached hydrogen (secondary N) is 1. The lowest BCUT2D eigenvalue weighted by Crippen LogP contribution is -2.55. The summed E-state index contributed by atoms with van der Waals surface area (Å²) < 4.78 is 0. The molecule has 148 valence electrons. The second-order valence-corrected chi connectivity index (χ2v) is 9.56. The lowest BCUT2D eigenvalue weighted by atomic mass is 9.99. The molecule has 0 aromatic rings. The van der Waals surface area contributed by atoms with Gasteiger partial charge in [-0.25, -0.2) is 4.79 Å². The maximum Gasteiger partial charge on any atom is 0.317 e. The molecule has 2 aliphatic heterocycles. The lowest BCUT2D eigenvalue weighted by Gasteiger charge is -2.44. The van der Waals surface area contributed by atoms with Gasteiger partial charge in [0.25, 0.3) is 0 Å². The van der Waals surface area contributed by atoms with Crippen LogP contribution in [0.25, 0.3) is 0 Å². The molecule has 0 aromatic heterocycles. The number of piperidine rings is 1. The van der Waals surface area contributed by atoms with E-state index in [-0.39, 0.29) is 10.9 Å². The largest absolute Gasteiger partial charge is 0.338 e. The molecule has 1 aliphatic carbocycles. The predicted molar refractivity (Wildman–Crippen MR) is 107 cm³/mol. The highest BCUT2D eigenvalue weighted by Crippen LogP contribution is 2.44. The van der Waals surface area contributed by atoms with Crippen LogP contribution in [0, 0.1) is 5.92 Å². The highest BCUT2D eigenvalue weighted by atomic mass is 32.2. The van der Waals surface area contributed by atoms with Gasteiger partial charge in [0.15, 0.2) is 0 Å². The zero-order valence-corrected chi connectivity index (χ0v) is 17.1. The number of carbonyl (C=O) groups is 2. The number of likely N-dealkylation sites (tertiary alicyclic amines) is 1. The van der Waals surface area contributed by atoms with Gasteiger partial charge in [-0.1, -0.05) is 39.0 Å². The minimum absolute atomic E-state index is 0.0487. The van der Waals surface area contributed by atoms with E-state index in [4.69, 9.17) is 0 Å². The Labute approximate surface area is 162 Å². The van der Waals surface area contributed by atoms with Crippen LogP contribution in [0.3, 0.4) is 0 Å². The van der Waals surface area contributed by atoms with Gasteiger partial charge in [0.2, 0.25) is 5.91 Å². The van der Waals surface area contributed by atoms with Gasteiger partial charge >= 0.3 is 6.03 Å². The van der Waals surface area contributed by atoms with E-state index in [0.717, 1.165) is 70.0 Å². The van der Waals surface area contributed by atoms with Crippen LogP contribution < -0.4 is 5.32 Å². The van der Waals surface area contributed by atoms with Gasteiger partial charge in [-0.05, 0) is 31.6 Å². The Morgan fingerprint density at radius 3 is 2.58 bits per heavy atom. The summed E-state index contributed by atoms with van der Waals surface area (Å²) in [6.45, 7) is 5.30. The first-order chi connectivity index (χ1) is 12.6. The fourth-order valence-electron chi connectivity index (χ4n) is 4.68. The van der Waals surface area contributed by atoms with Gasteiger partial charge in [0.1, 0.15) is 0 Å². The Balaban J connectivity index is 1.48. The fraction of sp³-hybridized carbons (Fsp3) is 0.900. The number of unbranched alkanes of at least 4 members (excludes halogenated alkanes) is 1. The molecule has 0 unspecified atom stereocenters. The molecule has 0 radical (unpaired) electrons. The average Bonchev–Trinajstić information content (AvgIpc) is 3.31. The van der Waals surface area contributed by atoms with Gasteiger partial charge < -0.3 is 15.1 Å². The third-order valence-corrected chi connectivity index (χ3v) is 7.91. The maximum absolute atomic E-state index is 12.9. The number of hydrogen-bond acceptors (Lipinski definition) is 3. The summed E-state index contributed by atoms with van der Waals surface area (Å²) in [4.78, 5) is 29.2. The summed E-state index contributed by atoms with van der Waals surface area (Å²) >= 11 is 1.94. The quantitative estimate of drug-likeness (QED) is 0.711. The van der Waals surface area contributed by atoms with E-state index < -0.39 is 0 Å². The number of hydrogen-bond donors (Lipinski definition) is 1. The van der Waals surface area contributed by atoms with E-state index in [9.17, 15) is 9.59 Å². The number of rotatable bonds is 6. The zero-order valence-electron chi connectivity index (χ0n) is 16.3. The first-order valence-electron chi connectivity index (χ1n) is 10.6. The summed E-state index contributed by atoms with van der Waals surface area (Å²) in [6.07, 6.45) is 11.1. The van der Waals surface area contributed by atoms with Crippen molar-refractivity contribution in [1.82, 2.24) is 15.1 Å². The lowest BCUT2D eigenvalue weighted by molar-refractivity contribution is -0.135. The molecule has 0 aromatic carbocycles. The van der Waals surface area contributed by atoms with Gasteiger partial charge in [-0.3, -0.25) is 4.79 Å². The standard InChI is InChI=1S/C20H35N3O2S/c1-2-3-12-21-19(25)22-13-10-20(11-14-22)23(15-16-26-20)18(24)9-8-17-6-4-5-7-17/h17H,2-16H2,1H3,(H,21,25). The van der Waals surface area contributed by atoms with Crippen molar-refractivity contribution >= 4 is 23.7 Å². The van der Waals surface area contributed by atoms with Crippen molar-refractivity contribution in [2.45, 2.75) is 76.0 Å². The van der Waals surface area contributed by atoms with Crippen LogP contribution in [0.2, 0.25) is 0 Å². The van der Waals surface area contributed by atoms with Crippen LogP contribution in [-0.2, 0) is 4.79 Å². The van der Waals surface area contributed by atoms with E-state index in [1.807, 2.05) is 16.7 Å². The first-order valence-corrected chi connectivity index (χ1v) is 11.6. The second kappa shape index (κ2) is 9.34. The third-order valence-electron chi connectivity index (χ3n) is 6.36. The molecule has 0 atom stereocenters. The molecular formula is C20H35N3O2S. The molecule has 3 rings (SSSR count). The predicted octanol–water partition coefficient (Wildman–Crippen LogP) is 3.83. The smallest absolute Gasteiger partial charge is 0.317 e. The molecule has 0 bridgehead atoms. The number of carbonyl (C=O) groups excluding carboxylic acids is 2. The second-order valence-electron chi connectivity index (χ2n) is 8.10. The number of urea groups is 1. The molecule has 2 heterocycles. The summed E-state index contributed by atoms with van der Waals surface area (Å²) in [5.74, 6) is 2.17. The van der Waals surface area contributed by atoms with Crippen molar-refractivity contribution in [3.63, 3.8) is 0 Å². The number of nitrogens with zero attached hydrogens (tertiary/aromatic N) is 2. The Morgan fingerprint density at radius 1 is 1.15 bits per heavy atom. The molecule has 1 spiro atoms. The van der Waals surface area contributed by atoms with Crippen molar-refractivity contribution in [1.29, 1.82) is 0 Å². The molecule has 1 saturated carbocycles.